The Labute approximate surface area is 156 Å². The van der Waals surface area contributed by atoms with Gasteiger partial charge in [0.2, 0.25) is 0 Å². The van der Waals surface area contributed by atoms with Gasteiger partial charge >= 0.3 is 0 Å². The van der Waals surface area contributed by atoms with Crippen molar-refractivity contribution >= 4 is 16.7 Å². The molecule has 0 spiro atoms. The lowest BCUT2D eigenvalue weighted by atomic mass is 10.1. The Kier molecular flexibility index (Phi) is 4.86. The van der Waals surface area contributed by atoms with Crippen molar-refractivity contribution in [2.75, 3.05) is 13.1 Å². The van der Waals surface area contributed by atoms with Crippen LogP contribution in [0.15, 0.2) is 60.7 Å². The highest BCUT2D eigenvalue weighted by molar-refractivity contribution is 5.94. The first kappa shape index (κ1) is 17.6. The van der Waals surface area contributed by atoms with Gasteiger partial charge in [-0.3, -0.25) is 9.69 Å². The molecule has 1 unspecified atom stereocenters. The molecule has 1 amide bonds. The molecular formula is C22H20F2N2O. The van der Waals surface area contributed by atoms with Gasteiger partial charge in [0.05, 0.1) is 0 Å². The first-order valence-corrected chi connectivity index (χ1v) is 9.04. The van der Waals surface area contributed by atoms with Gasteiger partial charge in [-0.1, -0.05) is 18.2 Å². The van der Waals surface area contributed by atoms with E-state index in [-0.39, 0.29) is 23.6 Å². The molecule has 1 fully saturated rings. The lowest BCUT2D eigenvalue weighted by Gasteiger charge is -2.17. The summed E-state index contributed by atoms with van der Waals surface area (Å²) in [5.41, 5.74) is 1.64. The summed E-state index contributed by atoms with van der Waals surface area (Å²) in [6.45, 7) is 2.46. The maximum absolute atomic E-state index is 13.3. The van der Waals surface area contributed by atoms with E-state index < -0.39 is 0 Å². The van der Waals surface area contributed by atoms with Crippen molar-refractivity contribution in [3.8, 4) is 0 Å². The maximum Gasteiger partial charge on any atom is 0.251 e. The van der Waals surface area contributed by atoms with Gasteiger partial charge in [0.1, 0.15) is 11.6 Å². The number of carbonyl (C=O) groups excluding carboxylic acids is 1. The second-order valence-electron chi connectivity index (χ2n) is 7.03. The van der Waals surface area contributed by atoms with Gasteiger partial charge < -0.3 is 5.32 Å². The second kappa shape index (κ2) is 7.45. The minimum Gasteiger partial charge on any atom is -0.348 e. The minimum atomic E-state index is -0.350. The summed E-state index contributed by atoms with van der Waals surface area (Å²) < 4.78 is 26.3. The zero-order valence-corrected chi connectivity index (χ0v) is 14.8. The quantitative estimate of drug-likeness (QED) is 0.753. The van der Waals surface area contributed by atoms with Crippen LogP contribution < -0.4 is 5.32 Å². The topological polar surface area (TPSA) is 32.3 Å². The fourth-order valence-corrected chi connectivity index (χ4v) is 3.59. The summed E-state index contributed by atoms with van der Waals surface area (Å²) in [5, 5.41) is 4.94. The van der Waals surface area contributed by atoms with Crippen molar-refractivity contribution in [1.29, 1.82) is 0 Å². The van der Waals surface area contributed by atoms with Crippen molar-refractivity contribution in [3.63, 3.8) is 0 Å². The number of halogens is 2. The summed E-state index contributed by atoms with van der Waals surface area (Å²) in [5.74, 6) is -0.749. The van der Waals surface area contributed by atoms with Gasteiger partial charge in [0.25, 0.3) is 5.91 Å². The molecule has 0 radical (unpaired) electrons. The summed E-state index contributed by atoms with van der Waals surface area (Å²) in [4.78, 5) is 14.6. The second-order valence-corrected chi connectivity index (χ2v) is 7.03. The Balaban J connectivity index is 1.36. The van der Waals surface area contributed by atoms with Gasteiger partial charge in [-0.25, -0.2) is 8.78 Å². The minimum absolute atomic E-state index is 0.0807. The van der Waals surface area contributed by atoms with E-state index in [4.69, 9.17) is 0 Å². The van der Waals surface area contributed by atoms with Gasteiger partial charge in [0.15, 0.2) is 0 Å². The van der Waals surface area contributed by atoms with Crippen LogP contribution in [0.1, 0.15) is 22.3 Å². The maximum atomic E-state index is 13.3. The number of amides is 1. The standard InChI is InChI=1S/C22H20F2N2O/c23-19-6-3-16(4-7-19)22(27)25-21-9-10-26(14-21)13-15-1-2-18-12-20(24)8-5-17(18)11-15/h1-8,11-12,21H,9-10,13-14H2,(H,25,27). The molecule has 1 atom stereocenters. The molecule has 1 aliphatic rings. The molecule has 0 aliphatic carbocycles. The Morgan fingerprint density at radius 2 is 1.67 bits per heavy atom. The van der Waals surface area contributed by atoms with Crippen LogP contribution in [0, 0.1) is 11.6 Å². The smallest absolute Gasteiger partial charge is 0.251 e. The van der Waals surface area contributed by atoms with Crippen molar-refractivity contribution in [3.05, 3.63) is 83.4 Å². The molecule has 1 N–H and O–H groups in total. The van der Waals surface area contributed by atoms with Crippen LogP contribution in [-0.2, 0) is 6.54 Å². The Morgan fingerprint density at radius 1 is 0.963 bits per heavy atom. The monoisotopic (exact) mass is 366 g/mol. The lowest BCUT2D eigenvalue weighted by Crippen LogP contribution is -2.36. The number of carbonyl (C=O) groups is 1. The first-order valence-electron chi connectivity index (χ1n) is 9.04. The average Bonchev–Trinajstić information content (AvgIpc) is 3.09. The fraction of sp³-hybridized carbons (Fsp3) is 0.227. The molecule has 3 aromatic carbocycles. The first-order chi connectivity index (χ1) is 13.1. The molecule has 0 bridgehead atoms. The summed E-state index contributed by atoms with van der Waals surface area (Å²) in [7, 11) is 0. The van der Waals surface area contributed by atoms with Gasteiger partial charge in [-0.2, -0.15) is 0 Å². The van der Waals surface area contributed by atoms with Crippen molar-refractivity contribution in [1.82, 2.24) is 10.2 Å². The number of hydrogen-bond acceptors (Lipinski definition) is 2. The molecule has 3 nitrogen and oxygen atoms in total. The van der Waals surface area contributed by atoms with Gasteiger partial charge in [-0.05, 0) is 65.2 Å². The van der Waals surface area contributed by atoms with Crippen LogP contribution >= 0.6 is 0 Å². The SMILES string of the molecule is O=C(NC1CCN(Cc2ccc3cc(F)ccc3c2)C1)c1ccc(F)cc1. The predicted octanol–water partition coefficient (Wildman–Crippen LogP) is 4.12. The fourth-order valence-electron chi connectivity index (χ4n) is 3.59. The van der Waals surface area contributed by atoms with Crippen molar-refractivity contribution in [2.45, 2.75) is 19.0 Å². The van der Waals surface area contributed by atoms with Crippen molar-refractivity contribution < 1.29 is 13.6 Å². The third-order valence-electron chi connectivity index (χ3n) is 4.99. The zero-order valence-electron chi connectivity index (χ0n) is 14.8. The van der Waals surface area contributed by atoms with Gasteiger partial charge in [-0.15, -0.1) is 0 Å². The molecule has 4 rings (SSSR count). The molecule has 1 heterocycles. The number of likely N-dealkylation sites (tertiary alicyclic amines) is 1. The highest BCUT2D eigenvalue weighted by Crippen LogP contribution is 2.20. The van der Waals surface area contributed by atoms with Crippen molar-refractivity contribution in [2.24, 2.45) is 0 Å². The van der Waals surface area contributed by atoms with E-state index in [2.05, 4.69) is 16.3 Å². The van der Waals surface area contributed by atoms with Crippen LogP contribution in [0.3, 0.4) is 0 Å². The Bertz CT molecular complexity index is 972. The zero-order chi connectivity index (χ0) is 18.8. The van der Waals surface area contributed by atoms with Crippen LogP contribution in [0.2, 0.25) is 0 Å². The third-order valence-corrected chi connectivity index (χ3v) is 4.99. The molecule has 27 heavy (non-hydrogen) atoms. The van der Waals surface area contributed by atoms with Crippen LogP contribution in [-0.4, -0.2) is 29.9 Å². The number of rotatable bonds is 4. The molecule has 1 saturated heterocycles. The molecule has 0 aromatic heterocycles. The summed E-state index contributed by atoms with van der Waals surface area (Å²) >= 11 is 0. The van der Waals surface area contributed by atoms with E-state index in [1.807, 2.05) is 12.1 Å². The lowest BCUT2D eigenvalue weighted by molar-refractivity contribution is 0.0937. The average molecular weight is 366 g/mol. The summed E-state index contributed by atoms with van der Waals surface area (Å²) in [6, 6.07) is 16.5. The number of nitrogens with zero attached hydrogens (tertiary/aromatic N) is 1. The molecular weight excluding hydrogens is 346 g/mol. The predicted molar refractivity (Wildman–Crippen MR) is 101 cm³/mol. The normalized spacial score (nSPS) is 17.3. The van der Waals surface area contributed by atoms with E-state index >= 15 is 0 Å². The Hall–Kier alpha value is -2.79. The van der Waals surface area contributed by atoms with E-state index in [9.17, 15) is 13.6 Å². The third kappa shape index (κ3) is 4.14. The van der Waals surface area contributed by atoms with E-state index in [0.717, 1.165) is 36.8 Å². The number of fused-ring (bicyclic) bond motifs is 1. The van der Waals surface area contributed by atoms with E-state index in [0.29, 0.717) is 5.56 Å². The van der Waals surface area contributed by atoms with Crippen LogP contribution in [0.4, 0.5) is 8.78 Å². The molecule has 3 aromatic rings. The molecule has 5 heteroatoms. The number of nitrogens with one attached hydrogen (secondary N) is 1. The Morgan fingerprint density at radius 3 is 2.48 bits per heavy atom. The highest BCUT2D eigenvalue weighted by atomic mass is 19.1. The highest BCUT2D eigenvalue weighted by Gasteiger charge is 2.24. The van der Waals surface area contributed by atoms with E-state index in [1.165, 1.54) is 42.0 Å². The summed E-state index contributed by atoms with van der Waals surface area (Å²) in [6.07, 6.45) is 0.881. The molecule has 1 aliphatic heterocycles. The molecule has 0 saturated carbocycles. The number of benzene rings is 3. The van der Waals surface area contributed by atoms with E-state index in [1.54, 1.807) is 6.07 Å². The molecule has 138 valence electrons. The number of hydrogen-bond donors (Lipinski definition) is 1. The van der Waals surface area contributed by atoms with Gasteiger partial charge in [0, 0.05) is 31.2 Å². The largest absolute Gasteiger partial charge is 0.348 e. The van der Waals surface area contributed by atoms with Crippen LogP contribution in [0.25, 0.3) is 10.8 Å². The van der Waals surface area contributed by atoms with Crippen LogP contribution in [0.5, 0.6) is 0 Å².